The first-order chi connectivity index (χ1) is 14.4. The zero-order valence-corrected chi connectivity index (χ0v) is 19.0. The quantitative estimate of drug-likeness (QED) is 0.684. The fourth-order valence-corrected chi connectivity index (χ4v) is 5.99. The largest absolute Gasteiger partial charge is 0.497 e. The summed E-state index contributed by atoms with van der Waals surface area (Å²) in [6.07, 6.45) is -0.345. The fourth-order valence-electron chi connectivity index (χ4n) is 3.75. The average Bonchev–Trinajstić information content (AvgIpc) is 3.36. The van der Waals surface area contributed by atoms with Crippen molar-refractivity contribution in [3.05, 3.63) is 59.7 Å². The van der Waals surface area contributed by atoms with E-state index in [2.05, 4.69) is 5.32 Å². The molecule has 2 aromatic rings. The lowest BCUT2D eigenvalue weighted by Crippen LogP contribution is -2.45. The fraction of sp³-hybridized carbons (Fsp3) is 0.391. The van der Waals surface area contributed by atoms with Gasteiger partial charge in [-0.15, -0.1) is 0 Å². The maximum absolute atomic E-state index is 13.5. The Morgan fingerprint density at radius 1 is 1.06 bits per heavy atom. The van der Waals surface area contributed by atoms with E-state index >= 15 is 0 Å². The van der Waals surface area contributed by atoms with Gasteiger partial charge in [0, 0.05) is 5.92 Å². The second-order valence-electron chi connectivity index (χ2n) is 8.71. The van der Waals surface area contributed by atoms with Crippen LogP contribution in [0.5, 0.6) is 5.75 Å². The SMILES string of the molecule is COc1ccc([C@@H]2[C@@H](S(=O)(=O)c3ccc(C)cc3)[C@]2(C=O)NC(=O)OC(C)(C)C)cc1. The monoisotopic (exact) mass is 445 g/mol. The molecule has 1 aliphatic carbocycles. The van der Waals surface area contributed by atoms with Gasteiger partial charge in [0.2, 0.25) is 0 Å². The van der Waals surface area contributed by atoms with E-state index in [4.69, 9.17) is 9.47 Å². The predicted molar refractivity (Wildman–Crippen MR) is 116 cm³/mol. The minimum atomic E-state index is -3.94. The molecule has 0 unspecified atom stereocenters. The first-order valence-corrected chi connectivity index (χ1v) is 11.4. The molecule has 0 saturated heterocycles. The van der Waals surface area contributed by atoms with Crippen LogP contribution < -0.4 is 10.1 Å². The second kappa shape index (κ2) is 8.00. The Labute approximate surface area is 182 Å². The molecule has 1 saturated carbocycles. The summed E-state index contributed by atoms with van der Waals surface area (Å²) in [6, 6.07) is 13.2. The van der Waals surface area contributed by atoms with Crippen molar-refractivity contribution in [1.29, 1.82) is 0 Å². The number of ether oxygens (including phenoxy) is 2. The van der Waals surface area contributed by atoms with E-state index in [1.54, 1.807) is 57.2 Å². The number of aryl methyl sites for hydroxylation is 1. The summed E-state index contributed by atoms with van der Waals surface area (Å²) < 4.78 is 37.4. The summed E-state index contributed by atoms with van der Waals surface area (Å²) in [5.41, 5.74) is -0.926. The Morgan fingerprint density at radius 3 is 2.13 bits per heavy atom. The molecule has 1 amide bonds. The van der Waals surface area contributed by atoms with Crippen LogP contribution in [-0.4, -0.2) is 44.3 Å². The molecule has 0 aliphatic heterocycles. The molecule has 2 aromatic carbocycles. The number of amides is 1. The van der Waals surface area contributed by atoms with Crippen LogP contribution in [0.1, 0.15) is 37.8 Å². The van der Waals surface area contributed by atoms with Crippen molar-refractivity contribution in [3.63, 3.8) is 0 Å². The number of hydrogen-bond donors (Lipinski definition) is 1. The summed E-state index contributed by atoms with van der Waals surface area (Å²) in [5.74, 6) is -0.172. The normalized spacial score (nSPS) is 23.0. The number of carbonyl (C=O) groups excluding carboxylic acids is 2. The summed E-state index contributed by atoms with van der Waals surface area (Å²) in [5, 5.41) is 1.38. The maximum atomic E-state index is 13.5. The molecule has 1 aliphatic rings. The number of aldehydes is 1. The van der Waals surface area contributed by atoms with Crippen LogP contribution in [0.25, 0.3) is 0 Å². The predicted octanol–water partition coefficient (Wildman–Crippen LogP) is 3.41. The number of carbonyl (C=O) groups is 2. The lowest BCUT2D eigenvalue weighted by atomic mass is 10.1. The van der Waals surface area contributed by atoms with Crippen LogP contribution in [0.15, 0.2) is 53.4 Å². The van der Waals surface area contributed by atoms with E-state index in [9.17, 15) is 18.0 Å². The van der Waals surface area contributed by atoms with Crippen LogP contribution in [0.3, 0.4) is 0 Å². The first kappa shape index (κ1) is 22.8. The van der Waals surface area contributed by atoms with Crippen molar-refractivity contribution >= 4 is 22.2 Å². The van der Waals surface area contributed by atoms with Crippen LogP contribution in [0.4, 0.5) is 4.79 Å². The molecule has 1 N–H and O–H groups in total. The zero-order chi connectivity index (χ0) is 23.0. The van der Waals surface area contributed by atoms with Gasteiger partial charge >= 0.3 is 6.09 Å². The van der Waals surface area contributed by atoms with Crippen molar-refractivity contribution in [2.45, 2.75) is 54.9 Å². The van der Waals surface area contributed by atoms with Gasteiger partial charge in [-0.05, 0) is 57.5 Å². The highest BCUT2D eigenvalue weighted by atomic mass is 32.2. The van der Waals surface area contributed by atoms with Crippen molar-refractivity contribution in [1.82, 2.24) is 5.32 Å². The molecule has 0 aromatic heterocycles. The van der Waals surface area contributed by atoms with Crippen molar-refractivity contribution in [3.8, 4) is 5.75 Å². The van der Waals surface area contributed by atoms with Gasteiger partial charge in [-0.2, -0.15) is 0 Å². The number of nitrogens with one attached hydrogen (secondary N) is 1. The highest BCUT2D eigenvalue weighted by molar-refractivity contribution is 7.92. The molecule has 1 fully saturated rings. The summed E-state index contributed by atoms with van der Waals surface area (Å²) >= 11 is 0. The van der Waals surface area contributed by atoms with Gasteiger partial charge in [0.15, 0.2) is 9.84 Å². The molecular weight excluding hydrogens is 418 g/mol. The van der Waals surface area contributed by atoms with E-state index in [1.165, 1.54) is 19.2 Å². The van der Waals surface area contributed by atoms with Crippen molar-refractivity contribution in [2.75, 3.05) is 7.11 Å². The van der Waals surface area contributed by atoms with Gasteiger partial charge in [0.25, 0.3) is 0 Å². The molecule has 0 radical (unpaired) electrons. The first-order valence-electron chi connectivity index (χ1n) is 9.86. The van der Waals surface area contributed by atoms with Gasteiger partial charge in [-0.25, -0.2) is 13.2 Å². The molecule has 166 valence electrons. The van der Waals surface area contributed by atoms with Gasteiger partial charge in [0.05, 0.1) is 12.0 Å². The Balaban J connectivity index is 2.04. The van der Waals surface area contributed by atoms with E-state index in [0.717, 1.165) is 5.56 Å². The molecule has 3 atom stereocenters. The molecule has 7 nitrogen and oxygen atoms in total. The van der Waals surface area contributed by atoms with Crippen LogP contribution >= 0.6 is 0 Å². The Bertz CT molecular complexity index is 1070. The minimum Gasteiger partial charge on any atom is -0.497 e. The van der Waals surface area contributed by atoms with E-state index in [1.807, 2.05) is 6.92 Å². The number of methoxy groups -OCH3 is 1. The number of benzene rings is 2. The molecule has 0 heterocycles. The standard InChI is InChI=1S/C23H27NO6S/c1-15-6-12-18(13-7-15)31(27,28)20-19(16-8-10-17(29-5)11-9-16)23(20,14-25)24-21(26)30-22(2,3)4/h6-14,19-20H,1-5H3,(H,24,26)/t19-,20-,23-/m1/s1. The lowest BCUT2D eigenvalue weighted by molar-refractivity contribution is -0.110. The van der Waals surface area contributed by atoms with E-state index < -0.39 is 38.2 Å². The van der Waals surface area contributed by atoms with Gasteiger partial charge in [-0.1, -0.05) is 29.8 Å². The topological polar surface area (TPSA) is 98.8 Å². The third kappa shape index (κ3) is 4.44. The summed E-state index contributed by atoms with van der Waals surface area (Å²) in [4.78, 5) is 24.9. The zero-order valence-electron chi connectivity index (χ0n) is 18.2. The molecule has 31 heavy (non-hydrogen) atoms. The smallest absolute Gasteiger partial charge is 0.408 e. The number of alkyl carbamates (subject to hydrolysis) is 1. The van der Waals surface area contributed by atoms with Gasteiger partial charge in [0.1, 0.15) is 28.4 Å². The lowest BCUT2D eigenvalue weighted by Gasteiger charge is -2.22. The highest BCUT2D eigenvalue weighted by Gasteiger charge is 2.73. The second-order valence-corrected chi connectivity index (χ2v) is 10.8. The molecule has 0 bridgehead atoms. The average molecular weight is 446 g/mol. The van der Waals surface area contributed by atoms with Gasteiger partial charge in [-0.3, -0.25) is 0 Å². The highest BCUT2D eigenvalue weighted by Crippen LogP contribution is 2.56. The third-order valence-corrected chi connectivity index (χ3v) is 7.51. The van der Waals surface area contributed by atoms with Crippen LogP contribution in [0, 0.1) is 6.92 Å². The molecule has 8 heteroatoms. The Morgan fingerprint density at radius 2 is 1.65 bits per heavy atom. The van der Waals surface area contributed by atoms with Crippen molar-refractivity contribution < 1.29 is 27.5 Å². The van der Waals surface area contributed by atoms with Crippen LogP contribution in [-0.2, 0) is 19.4 Å². The van der Waals surface area contributed by atoms with E-state index in [0.29, 0.717) is 17.6 Å². The van der Waals surface area contributed by atoms with Gasteiger partial charge < -0.3 is 19.6 Å². The number of sulfone groups is 1. The number of hydrogen-bond acceptors (Lipinski definition) is 6. The summed E-state index contributed by atoms with van der Waals surface area (Å²) in [7, 11) is -2.41. The Kier molecular flexibility index (Phi) is 5.88. The maximum Gasteiger partial charge on any atom is 0.408 e. The number of rotatable bonds is 6. The third-order valence-electron chi connectivity index (χ3n) is 5.25. The molecular formula is C23H27NO6S. The Hall–Kier alpha value is -2.87. The van der Waals surface area contributed by atoms with E-state index in [-0.39, 0.29) is 4.90 Å². The molecule has 3 rings (SSSR count). The molecule has 0 spiro atoms. The van der Waals surface area contributed by atoms with Crippen molar-refractivity contribution in [2.24, 2.45) is 0 Å². The van der Waals surface area contributed by atoms with Crippen LogP contribution in [0.2, 0.25) is 0 Å². The summed E-state index contributed by atoms with van der Waals surface area (Å²) in [6.45, 7) is 6.92. The minimum absolute atomic E-state index is 0.0938.